The summed E-state index contributed by atoms with van der Waals surface area (Å²) >= 11 is 0. The summed E-state index contributed by atoms with van der Waals surface area (Å²) in [5.74, 6) is 0.692. The Hall–Kier alpha value is -0.940. The molecule has 0 fully saturated rings. The summed E-state index contributed by atoms with van der Waals surface area (Å²) in [6.07, 6.45) is 2.17. The second-order valence-corrected chi connectivity index (χ2v) is 5.15. The molecule has 1 heterocycles. The van der Waals surface area contributed by atoms with Crippen molar-refractivity contribution in [1.82, 2.24) is 19.9 Å². The lowest BCUT2D eigenvalue weighted by molar-refractivity contribution is 0.365. The van der Waals surface area contributed by atoms with Crippen LogP contribution in [0.15, 0.2) is 0 Å². The Morgan fingerprint density at radius 1 is 1.35 bits per heavy atom. The molecular formula is C12H25N5. The number of likely N-dealkylation sites (N-methyl/N-ethyl adjacent to an activating group) is 1. The highest BCUT2D eigenvalue weighted by Gasteiger charge is 2.12. The van der Waals surface area contributed by atoms with Crippen LogP contribution in [0.3, 0.4) is 0 Å². The monoisotopic (exact) mass is 239 g/mol. The fraction of sp³-hybridized carbons (Fsp3) is 0.833. The molecule has 0 saturated carbocycles. The fourth-order valence-corrected chi connectivity index (χ4v) is 1.70. The Labute approximate surface area is 104 Å². The normalized spacial score (nSPS) is 11.7. The summed E-state index contributed by atoms with van der Waals surface area (Å²) in [6, 6.07) is 0. The second kappa shape index (κ2) is 6.71. The van der Waals surface area contributed by atoms with Crippen LogP contribution in [0, 0.1) is 5.92 Å². The van der Waals surface area contributed by atoms with Gasteiger partial charge in [0.2, 0.25) is 0 Å². The van der Waals surface area contributed by atoms with Crippen LogP contribution in [0.4, 0.5) is 0 Å². The van der Waals surface area contributed by atoms with Crippen LogP contribution >= 0.6 is 0 Å². The predicted molar refractivity (Wildman–Crippen MR) is 69.6 cm³/mol. The molecule has 0 bridgehead atoms. The Morgan fingerprint density at radius 3 is 2.59 bits per heavy atom. The van der Waals surface area contributed by atoms with E-state index in [-0.39, 0.29) is 0 Å². The van der Waals surface area contributed by atoms with Gasteiger partial charge in [0.1, 0.15) is 0 Å². The largest absolute Gasteiger partial charge is 0.325 e. The molecule has 0 atom stereocenters. The first-order valence-electron chi connectivity index (χ1n) is 6.30. The summed E-state index contributed by atoms with van der Waals surface area (Å²) in [7, 11) is 4.13. The maximum Gasteiger partial charge on any atom is 0.0994 e. The van der Waals surface area contributed by atoms with Gasteiger partial charge in [0.25, 0.3) is 0 Å². The molecule has 0 aliphatic heterocycles. The average molecular weight is 239 g/mol. The van der Waals surface area contributed by atoms with E-state index in [2.05, 4.69) is 43.2 Å². The number of hydrogen-bond donors (Lipinski definition) is 1. The predicted octanol–water partition coefficient (Wildman–Crippen LogP) is 0.887. The van der Waals surface area contributed by atoms with Crippen molar-refractivity contribution in [1.29, 1.82) is 0 Å². The van der Waals surface area contributed by atoms with Crippen LogP contribution in [0.2, 0.25) is 0 Å². The molecule has 0 amide bonds. The van der Waals surface area contributed by atoms with Crippen LogP contribution < -0.4 is 5.73 Å². The lowest BCUT2D eigenvalue weighted by Gasteiger charge is -2.12. The molecule has 2 N–H and O–H groups in total. The minimum absolute atomic E-state index is 0.482. The molecule has 1 aromatic rings. The first kappa shape index (κ1) is 14.1. The molecule has 17 heavy (non-hydrogen) atoms. The van der Waals surface area contributed by atoms with Gasteiger partial charge >= 0.3 is 0 Å². The fourth-order valence-electron chi connectivity index (χ4n) is 1.70. The first-order valence-corrected chi connectivity index (χ1v) is 6.30. The van der Waals surface area contributed by atoms with Gasteiger partial charge < -0.3 is 10.6 Å². The van der Waals surface area contributed by atoms with E-state index in [4.69, 9.17) is 5.73 Å². The van der Waals surface area contributed by atoms with Crippen LogP contribution in [-0.4, -0.2) is 40.5 Å². The molecule has 0 unspecified atom stereocenters. The molecule has 1 aromatic heterocycles. The van der Waals surface area contributed by atoms with Crippen LogP contribution in [0.5, 0.6) is 0 Å². The lowest BCUT2D eigenvalue weighted by atomic mass is 10.1. The van der Waals surface area contributed by atoms with Gasteiger partial charge in [-0.25, -0.2) is 4.68 Å². The van der Waals surface area contributed by atoms with Gasteiger partial charge in [-0.05, 0) is 32.9 Å². The number of aromatic nitrogens is 3. The quantitative estimate of drug-likeness (QED) is 0.767. The summed E-state index contributed by atoms with van der Waals surface area (Å²) < 4.78 is 2.00. The van der Waals surface area contributed by atoms with Crippen molar-refractivity contribution in [3.63, 3.8) is 0 Å². The van der Waals surface area contributed by atoms with Crippen molar-refractivity contribution >= 4 is 0 Å². The van der Waals surface area contributed by atoms with Gasteiger partial charge in [0, 0.05) is 13.1 Å². The molecular weight excluding hydrogens is 214 g/mol. The molecule has 0 aliphatic rings. The average Bonchev–Trinajstić information content (AvgIpc) is 2.65. The third kappa shape index (κ3) is 4.44. The SMILES string of the molecule is CC(C)CCc1c(CN)nnn1CCN(C)C. The topological polar surface area (TPSA) is 60.0 Å². The standard InChI is InChI=1S/C12H25N5/c1-10(2)5-6-12-11(9-13)14-15-17(12)8-7-16(3)4/h10H,5-9,13H2,1-4H3. The third-order valence-electron chi connectivity index (χ3n) is 2.83. The van der Waals surface area contributed by atoms with Crippen molar-refractivity contribution in [3.05, 3.63) is 11.4 Å². The number of nitrogens with two attached hydrogens (primary N) is 1. The van der Waals surface area contributed by atoms with Crippen molar-refractivity contribution in [3.8, 4) is 0 Å². The summed E-state index contributed by atoms with van der Waals surface area (Å²) in [6.45, 7) is 6.80. The smallest absolute Gasteiger partial charge is 0.0994 e. The van der Waals surface area contributed by atoms with E-state index in [1.807, 2.05) is 4.68 Å². The van der Waals surface area contributed by atoms with Gasteiger partial charge in [-0.3, -0.25) is 0 Å². The van der Waals surface area contributed by atoms with Gasteiger partial charge in [-0.2, -0.15) is 0 Å². The van der Waals surface area contributed by atoms with Crippen LogP contribution in [0.1, 0.15) is 31.7 Å². The van der Waals surface area contributed by atoms with E-state index in [0.717, 1.165) is 31.6 Å². The van der Waals surface area contributed by atoms with Crippen LogP contribution in [-0.2, 0) is 19.5 Å². The number of nitrogens with zero attached hydrogens (tertiary/aromatic N) is 4. The lowest BCUT2D eigenvalue weighted by Crippen LogP contribution is -2.20. The van der Waals surface area contributed by atoms with Gasteiger partial charge in [-0.15, -0.1) is 5.10 Å². The molecule has 5 heteroatoms. The maximum absolute atomic E-state index is 5.70. The molecule has 98 valence electrons. The third-order valence-corrected chi connectivity index (χ3v) is 2.83. The van der Waals surface area contributed by atoms with Crippen molar-refractivity contribution in [2.24, 2.45) is 11.7 Å². The Bertz CT molecular complexity index is 330. The van der Waals surface area contributed by atoms with Crippen molar-refractivity contribution in [2.45, 2.75) is 39.8 Å². The molecule has 0 aromatic carbocycles. The molecule has 0 aliphatic carbocycles. The molecule has 5 nitrogen and oxygen atoms in total. The highest BCUT2D eigenvalue weighted by molar-refractivity contribution is 5.10. The number of hydrogen-bond acceptors (Lipinski definition) is 4. The molecule has 0 radical (unpaired) electrons. The Morgan fingerprint density at radius 2 is 2.06 bits per heavy atom. The Kier molecular flexibility index (Phi) is 5.58. The van der Waals surface area contributed by atoms with E-state index in [0.29, 0.717) is 12.5 Å². The zero-order valence-electron chi connectivity index (χ0n) is 11.5. The minimum atomic E-state index is 0.482. The van der Waals surface area contributed by atoms with Crippen LogP contribution in [0.25, 0.3) is 0 Å². The van der Waals surface area contributed by atoms with Crippen molar-refractivity contribution < 1.29 is 0 Å². The summed E-state index contributed by atoms with van der Waals surface area (Å²) in [5.41, 5.74) is 7.86. The van der Waals surface area contributed by atoms with E-state index >= 15 is 0 Å². The molecule has 1 rings (SSSR count). The van der Waals surface area contributed by atoms with Gasteiger partial charge in [0.15, 0.2) is 0 Å². The van der Waals surface area contributed by atoms with E-state index < -0.39 is 0 Å². The second-order valence-electron chi connectivity index (χ2n) is 5.15. The zero-order chi connectivity index (χ0) is 12.8. The summed E-state index contributed by atoms with van der Waals surface area (Å²) in [5, 5.41) is 8.36. The minimum Gasteiger partial charge on any atom is -0.325 e. The van der Waals surface area contributed by atoms with Gasteiger partial charge in [-0.1, -0.05) is 19.1 Å². The zero-order valence-corrected chi connectivity index (χ0v) is 11.5. The van der Waals surface area contributed by atoms with E-state index in [1.54, 1.807) is 0 Å². The van der Waals surface area contributed by atoms with E-state index in [9.17, 15) is 0 Å². The van der Waals surface area contributed by atoms with Gasteiger partial charge in [0.05, 0.1) is 17.9 Å². The highest BCUT2D eigenvalue weighted by Crippen LogP contribution is 2.12. The molecule has 0 saturated heterocycles. The van der Waals surface area contributed by atoms with E-state index in [1.165, 1.54) is 5.69 Å². The highest BCUT2D eigenvalue weighted by atomic mass is 15.4. The Balaban J connectivity index is 2.71. The summed E-state index contributed by atoms with van der Waals surface area (Å²) in [4.78, 5) is 2.15. The van der Waals surface area contributed by atoms with Crippen molar-refractivity contribution in [2.75, 3.05) is 20.6 Å². The maximum atomic E-state index is 5.70. The molecule has 0 spiro atoms. The number of rotatable bonds is 7. The first-order chi connectivity index (χ1) is 8.04.